The molecule has 1 N–H and O–H groups in total. The standard InChI is InChI=1S/C14H15BrN2O/c15-12-8-13(18)17(9-12)7-5-11-3-1-2-10-4-6-16-14(10)11/h1-4,6,12,16H,5,7-9H2. The molecule has 4 heteroatoms. The molecule has 1 saturated heterocycles. The second kappa shape index (κ2) is 4.76. The van der Waals surface area contributed by atoms with Gasteiger partial charge in [0.15, 0.2) is 0 Å². The van der Waals surface area contributed by atoms with E-state index in [4.69, 9.17) is 0 Å². The lowest BCUT2D eigenvalue weighted by Crippen LogP contribution is -2.27. The van der Waals surface area contributed by atoms with E-state index in [-0.39, 0.29) is 5.91 Å². The van der Waals surface area contributed by atoms with Crippen LogP contribution in [0, 0.1) is 0 Å². The molecule has 2 aromatic rings. The third-order valence-corrected chi connectivity index (χ3v) is 4.11. The van der Waals surface area contributed by atoms with Gasteiger partial charge in [-0.2, -0.15) is 0 Å². The fourth-order valence-corrected chi connectivity index (χ4v) is 3.18. The number of benzene rings is 1. The average Bonchev–Trinajstić information content (AvgIpc) is 2.93. The van der Waals surface area contributed by atoms with Gasteiger partial charge in [0.05, 0.1) is 0 Å². The van der Waals surface area contributed by atoms with Crippen molar-refractivity contribution >= 4 is 32.7 Å². The number of alkyl halides is 1. The number of carbonyl (C=O) groups excluding carboxylic acids is 1. The van der Waals surface area contributed by atoms with E-state index in [2.05, 4.69) is 45.2 Å². The van der Waals surface area contributed by atoms with E-state index in [0.29, 0.717) is 11.2 Å². The first kappa shape index (κ1) is 11.8. The Labute approximate surface area is 114 Å². The number of rotatable bonds is 3. The summed E-state index contributed by atoms with van der Waals surface area (Å²) in [7, 11) is 0. The van der Waals surface area contributed by atoms with E-state index >= 15 is 0 Å². The molecule has 1 aromatic carbocycles. The van der Waals surface area contributed by atoms with Gasteiger partial charge in [0.2, 0.25) is 5.91 Å². The molecule has 0 aliphatic carbocycles. The van der Waals surface area contributed by atoms with Gasteiger partial charge in [-0.15, -0.1) is 0 Å². The number of nitrogens with zero attached hydrogens (tertiary/aromatic N) is 1. The Morgan fingerprint density at radius 2 is 2.28 bits per heavy atom. The van der Waals surface area contributed by atoms with Gasteiger partial charge < -0.3 is 9.88 Å². The maximum atomic E-state index is 11.7. The fourth-order valence-electron chi connectivity index (χ4n) is 2.55. The van der Waals surface area contributed by atoms with Gasteiger partial charge in [-0.3, -0.25) is 4.79 Å². The van der Waals surface area contributed by atoms with Crippen molar-refractivity contribution in [3.8, 4) is 0 Å². The Balaban J connectivity index is 1.73. The predicted molar refractivity (Wildman–Crippen MR) is 75.9 cm³/mol. The lowest BCUT2D eigenvalue weighted by molar-refractivity contribution is -0.127. The molecule has 18 heavy (non-hydrogen) atoms. The minimum absolute atomic E-state index is 0.260. The molecule has 2 heterocycles. The molecule has 1 fully saturated rings. The smallest absolute Gasteiger partial charge is 0.223 e. The first-order valence-corrected chi connectivity index (χ1v) is 7.12. The molecule has 1 amide bonds. The highest BCUT2D eigenvalue weighted by molar-refractivity contribution is 9.09. The van der Waals surface area contributed by atoms with E-state index < -0.39 is 0 Å². The summed E-state index contributed by atoms with van der Waals surface area (Å²) in [6, 6.07) is 8.38. The van der Waals surface area contributed by atoms with Crippen LogP contribution in [0.5, 0.6) is 0 Å². The van der Waals surface area contributed by atoms with Gasteiger partial charge in [0.1, 0.15) is 0 Å². The van der Waals surface area contributed by atoms with Crippen LogP contribution in [0.1, 0.15) is 12.0 Å². The van der Waals surface area contributed by atoms with Gasteiger partial charge in [0.25, 0.3) is 0 Å². The summed E-state index contributed by atoms with van der Waals surface area (Å²) in [5.74, 6) is 0.260. The number of halogens is 1. The van der Waals surface area contributed by atoms with Crippen LogP contribution in [-0.2, 0) is 11.2 Å². The molecule has 0 saturated carbocycles. The zero-order valence-corrected chi connectivity index (χ0v) is 11.6. The Kier molecular flexibility index (Phi) is 3.12. The molecule has 0 spiro atoms. The molecule has 0 radical (unpaired) electrons. The van der Waals surface area contributed by atoms with Gasteiger partial charge >= 0.3 is 0 Å². The van der Waals surface area contributed by atoms with Crippen molar-refractivity contribution in [2.24, 2.45) is 0 Å². The van der Waals surface area contributed by atoms with Crippen LogP contribution in [0.15, 0.2) is 30.5 Å². The van der Waals surface area contributed by atoms with Crippen LogP contribution >= 0.6 is 15.9 Å². The van der Waals surface area contributed by atoms with Crippen LogP contribution in [0.3, 0.4) is 0 Å². The maximum absolute atomic E-state index is 11.7. The number of nitrogens with one attached hydrogen (secondary N) is 1. The fraction of sp³-hybridized carbons (Fsp3) is 0.357. The van der Waals surface area contributed by atoms with Crippen molar-refractivity contribution in [1.29, 1.82) is 0 Å². The molecule has 3 rings (SSSR count). The normalized spacial score (nSPS) is 19.9. The van der Waals surface area contributed by atoms with Crippen LogP contribution in [0.4, 0.5) is 0 Å². The quantitative estimate of drug-likeness (QED) is 0.870. The molecule has 94 valence electrons. The van der Waals surface area contributed by atoms with E-state index in [1.54, 1.807) is 0 Å². The van der Waals surface area contributed by atoms with Crippen molar-refractivity contribution in [3.05, 3.63) is 36.0 Å². The van der Waals surface area contributed by atoms with E-state index in [1.165, 1.54) is 16.5 Å². The lowest BCUT2D eigenvalue weighted by Gasteiger charge is -2.15. The average molecular weight is 307 g/mol. The summed E-state index contributed by atoms with van der Waals surface area (Å²) in [6.45, 7) is 1.64. The van der Waals surface area contributed by atoms with Crippen molar-refractivity contribution in [1.82, 2.24) is 9.88 Å². The van der Waals surface area contributed by atoms with Crippen molar-refractivity contribution in [2.75, 3.05) is 13.1 Å². The Morgan fingerprint density at radius 3 is 3.06 bits per heavy atom. The molecule has 1 atom stereocenters. The minimum Gasteiger partial charge on any atom is -0.361 e. The highest BCUT2D eigenvalue weighted by Gasteiger charge is 2.27. The van der Waals surface area contributed by atoms with E-state index in [9.17, 15) is 4.79 Å². The Morgan fingerprint density at radius 1 is 1.39 bits per heavy atom. The lowest BCUT2D eigenvalue weighted by atomic mass is 10.1. The molecule has 1 unspecified atom stereocenters. The summed E-state index contributed by atoms with van der Waals surface area (Å²) in [4.78, 5) is 17.2. The zero-order chi connectivity index (χ0) is 12.5. The van der Waals surface area contributed by atoms with Crippen LogP contribution in [0.2, 0.25) is 0 Å². The molecule has 1 aliphatic heterocycles. The van der Waals surface area contributed by atoms with Crippen molar-refractivity contribution < 1.29 is 4.79 Å². The second-order valence-corrected chi connectivity index (χ2v) is 6.05. The maximum Gasteiger partial charge on any atom is 0.223 e. The van der Waals surface area contributed by atoms with Gasteiger partial charge in [-0.25, -0.2) is 0 Å². The van der Waals surface area contributed by atoms with Crippen LogP contribution < -0.4 is 0 Å². The largest absolute Gasteiger partial charge is 0.361 e. The molecule has 0 bridgehead atoms. The topological polar surface area (TPSA) is 36.1 Å². The Bertz CT molecular complexity index is 578. The number of amides is 1. The number of hydrogen-bond donors (Lipinski definition) is 1. The minimum atomic E-state index is 0.260. The molecule has 3 nitrogen and oxygen atoms in total. The van der Waals surface area contributed by atoms with Gasteiger partial charge in [-0.1, -0.05) is 34.1 Å². The molecular weight excluding hydrogens is 292 g/mol. The summed E-state index contributed by atoms with van der Waals surface area (Å²) >= 11 is 3.51. The van der Waals surface area contributed by atoms with Gasteiger partial charge in [0, 0.05) is 36.1 Å². The predicted octanol–water partition coefficient (Wildman–Crippen LogP) is 2.71. The SMILES string of the molecule is O=C1CC(Br)CN1CCc1cccc2cc[nH]c12. The molecular formula is C14H15BrN2O. The van der Waals surface area contributed by atoms with E-state index in [1.807, 2.05) is 11.1 Å². The number of aromatic nitrogens is 1. The van der Waals surface area contributed by atoms with Crippen molar-refractivity contribution in [3.63, 3.8) is 0 Å². The number of para-hydroxylation sites is 1. The summed E-state index contributed by atoms with van der Waals surface area (Å²) < 4.78 is 0. The third kappa shape index (κ3) is 2.17. The number of fused-ring (bicyclic) bond motifs is 1. The van der Waals surface area contributed by atoms with Gasteiger partial charge in [-0.05, 0) is 23.4 Å². The van der Waals surface area contributed by atoms with E-state index in [0.717, 1.165) is 19.5 Å². The molecule has 1 aromatic heterocycles. The number of hydrogen-bond acceptors (Lipinski definition) is 1. The van der Waals surface area contributed by atoms with Crippen LogP contribution in [-0.4, -0.2) is 33.7 Å². The van der Waals surface area contributed by atoms with Crippen LogP contribution in [0.25, 0.3) is 10.9 Å². The highest BCUT2D eigenvalue weighted by atomic mass is 79.9. The Hall–Kier alpha value is -1.29. The second-order valence-electron chi connectivity index (χ2n) is 4.75. The number of H-pyrrole nitrogens is 1. The summed E-state index contributed by atoms with van der Waals surface area (Å²) in [5, 5.41) is 1.23. The molecule has 1 aliphatic rings. The first-order chi connectivity index (χ1) is 8.74. The number of likely N-dealkylation sites (tertiary alicyclic amines) is 1. The number of aromatic amines is 1. The highest BCUT2D eigenvalue weighted by Crippen LogP contribution is 2.21. The third-order valence-electron chi connectivity index (χ3n) is 3.49. The summed E-state index contributed by atoms with van der Waals surface area (Å²) in [5.41, 5.74) is 2.47. The zero-order valence-electron chi connectivity index (χ0n) is 10.0. The number of carbonyl (C=O) groups is 1. The monoisotopic (exact) mass is 306 g/mol. The van der Waals surface area contributed by atoms with Crippen molar-refractivity contribution in [2.45, 2.75) is 17.7 Å². The first-order valence-electron chi connectivity index (χ1n) is 6.21. The summed E-state index contributed by atoms with van der Waals surface area (Å²) in [6.07, 6.45) is 3.50.